The Hall–Kier alpha value is -1.71. The van der Waals surface area contributed by atoms with Crippen molar-refractivity contribution in [3.8, 4) is 11.5 Å². The predicted molar refractivity (Wildman–Crippen MR) is 98.2 cm³/mol. The Morgan fingerprint density at radius 2 is 1.57 bits per heavy atom. The fourth-order valence-electron chi connectivity index (χ4n) is 1.98. The molecular formula is C19H35NO3. The molecular weight excluding hydrogens is 290 g/mol. The number of hydrogen-bond donors (Lipinski definition) is 0. The van der Waals surface area contributed by atoms with Gasteiger partial charge in [0.05, 0.1) is 14.2 Å². The van der Waals surface area contributed by atoms with E-state index in [4.69, 9.17) is 9.47 Å². The number of benzene rings is 1. The molecule has 1 rings (SSSR count). The molecule has 0 radical (unpaired) electrons. The van der Waals surface area contributed by atoms with Gasteiger partial charge in [-0.3, -0.25) is 4.79 Å². The van der Waals surface area contributed by atoms with Crippen LogP contribution in [0.1, 0.15) is 59.9 Å². The molecule has 0 saturated heterocycles. The van der Waals surface area contributed by atoms with Crippen LogP contribution in [0.25, 0.3) is 0 Å². The minimum atomic E-state index is 0.177. The standard InChI is InChI=1S/C15H23NO3.2C2H6/c1-5-9-16(15(17)6-2)11-12-7-8-13(18-3)14(10-12)19-4;2*1-2/h7-8,10H,5-6,9,11H2,1-4H3;2*1-2H3. The zero-order valence-corrected chi connectivity index (χ0v) is 16.2. The molecule has 1 aromatic rings. The quantitative estimate of drug-likeness (QED) is 0.715. The fraction of sp³-hybridized carbons (Fsp3) is 0.632. The van der Waals surface area contributed by atoms with E-state index in [1.54, 1.807) is 14.2 Å². The summed E-state index contributed by atoms with van der Waals surface area (Å²) in [5.41, 5.74) is 1.05. The third-order valence-corrected chi connectivity index (χ3v) is 2.97. The highest BCUT2D eigenvalue weighted by Crippen LogP contribution is 2.28. The van der Waals surface area contributed by atoms with Gasteiger partial charge in [0.15, 0.2) is 11.5 Å². The van der Waals surface area contributed by atoms with Crippen LogP contribution in [-0.4, -0.2) is 31.6 Å². The summed E-state index contributed by atoms with van der Waals surface area (Å²) in [6.45, 7) is 13.4. The number of nitrogens with zero attached hydrogens (tertiary/aromatic N) is 1. The van der Waals surface area contributed by atoms with E-state index in [2.05, 4.69) is 6.92 Å². The van der Waals surface area contributed by atoms with Crippen LogP contribution in [0.3, 0.4) is 0 Å². The molecule has 4 nitrogen and oxygen atoms in total. The van der Waals surface area contributed by atoms with E-state index in [-0.39, 0.29) is 5.91 Å². The largest absolute Gasteiger partial charge is 0.493 e. The Kier molecular flexibility index (Phi) is 15.6. The number of methoxy groups -OCH3 is 2. The monoisotopic (exact) mass is 325 g/mol. The van der Waals surface area contributed by atoms with Crippen molar-refractivity contribution in [2.45, 2.75) is 60.9 Å². The molecule has 0 aliphatic heterocycles. The van der Waals surface area contributed by atoms with Crippen molar-refractivity contribution in [2.24, 2.45) is 0 Å². The summed E-state index contributed by atoms with van der Waals surface area (Å²) in [6, 6.07) is 5.76. The topological polar surface area (TPSA) is 38.8 Å². The van der Waals surface area contributed by atoms with Crippen molar-refractivity contribution in [3.63, 3.8) is 0 Å². The molecule has 0 aromatic heterocycles. The van der Waals surface area contributed by atoms with Gasteiger partial charge >= 0.3 is 0 Å². The second kappa shape index (κ2) is 15.2. The van der Waals surface area contributed by atoms with E-state index in [9.17, 15) is 4.79 Å². The molecule has 0 unspecified atom stereocenters. The van der Waals surface area contributed by atoms with Crippen molar-refractivity contribution in [1.82, 2.24) is 4.90 Å². The van der Waals surface area contributed by atoms with Crippen molar-refractivity contribution in [3.05, 3.63) is 23.8 Å². The molecule has 0 bridgehead atoms. The Bertz CT molecular complexity index is 419. The van der Waals surface area contributed by atoms with Gasteiger partial charge in [-0.2, -0.15) is 0 Å². The molecule has 0 fully saturated rings. The molecule has 0 spiro atoms. The summed E-state index contributed by atoms with van der Waals surface area (Å²) >= 11 is 0. The molecule has 1 amide bonds. The van der Waals surface area contributed by atoms with E-state index in [1.165, 1.54) is 0 Å². The van der Waals surface area contributed by atoms with E-state index in [0.717, 1.165) is 18.5 Å². The lowest BCUT2D eigenvalue weighted by Gasteiger charge is -2.22. The molecule has 1 aromatic carbocycles. The maximum absolute atomic E-state index is 11.9. The normalized spacial score (nSPS) is 8.87. The predicted octanol–water partition coefficient (Wildman–Crippen LogP) is 4.90. The number of carbonyl (C=O) groups is 1. The van der Waals surface area contributed by atoms with Crippen LogP contribution in [0.2, 0.25) is 0 Å². The van der Waals surface area contributed by atoms with Crippen LogP contribution in [-0.2, 0) is 11.3 Å². The van der Waals surface area contributed by atoms with Crippen molar-refractivity contribution >= 4 is 5.91 Å². The smallest absolute Gasteiger partial charge is 0.222 e. The molecule has 0 aliphatic rings. The van der Waals surface area contributed by atoms with Gasteiger partial charge in [0.1, 0.15) is 0 Å². The van der Waals surface area contributed by atoms with Crippen LogP contribution >= 0.6 is 0 Å². The first-order valence-electron chi connectivity index (χ1n) is 8.64. The number of ether oxygens (including phenoxy) is 2. The summed E-state index contributed by atoms with van der Waals surface area (Å²) in [6.07, 6.45) is 1.49. The number of carbonyl (C=O) groups excluding carboxylic acids is 1. The molecule has 4 heteroatoms. The Balaban J connectivity index is 0. The van der Waals surface area contributed by atoms with Gasteiger partial charge in [-0.1, -0.05) is 47.6 Å². The lowest BCUT2D eigenvalue weighted by molar-refractivity contribution is -0.131. The number of rotatable bonds is 7. The minimum Gasteiger partial charge on any atom is -0.493 e. The average Bonchev–Trinajstić information content (AvgIpc) is 2.63. The molecule has 134 valence electrons. The van der Waals surface area contributed by atoms with Gasteiger partial charge in [-0.15, -0.1) is 0 Å². The maximum atomic E-state index is 11.9. The highest BCUT2D eigenvalue weighted by atomic mass is 16.5. The zero-order valence-electron chi connectivity index (χ0n) is 16.2. The van der Waals surface area contributed by atoms with Crippen LogP contribution in [0, 0.1) is 0 Å². The second-order valence-corrected chi connectivity index (χ2v) is 4.36. The summed E-state index contributed by atoms with van der Waals surface area (Å²) in [4.78, 5) is 13.7. The highest BCUT2D eigenvalue weighted by Gasteiger charge is 2.12. The molecule has 0 atom stereocenters. The SMILES string of the molecule is CC.CC.CCCN(Cc1ccc(OC)c(OC)c1)C(=O)CC. The molecule has 23 heavy (non-hydrogen) atoms. The highest BCUT2D eigenvalue weighted by molar-refractivity contribution is 5.75. The van der Waals surface area contributed by atoms with Gasteiger partial charge in [-0.05, 0) is 24.1 Å². The Morgan fingerprint density at radius 3 is 2.00 bits per heavy atom. The first-order valence-corrected chi connectivity index (χ1v) is 8.64. The van der Waals surface area contributed by atoms with Crippen LogP contribution in [0.5, 0.6) is 11.5 Å². The Labute approximate surface area is 142 Å². The summed E-state index contributed by atoms with van der Waals surface area (Å²) in [5.74, 6) is 1.58. The van der Waals surface area contributed by atoms with Crippen molar-refractivity contribution < 1.29 is 14.3 Å². The van der Waals surface area contributed by atoms with Crippen LogP contribution < -0.4 is 9.47 Å². The third kappa shape index (κ3) is 8.48. The van der Waals surface area contributed by atoms with Crippen molar-refractivity contribution in [2.75, 3.05) is 20.8 Å². The molecule has 0 aliphatic carbocycles. The van der Waals surface area contributed by atoms with E-state index < -0.39 is 0 Å². The van der Waals surface area contributed by atoms with Gasteiger partial charge in [0.2, 0.25) is 5.91 Å². The lowest BCUT2D eigenvalue weighted by atomic mass is 10.1. The van der Waals surface area contributed by atoms with Gasteiger partial charge in [0, 0.05) is 19.5 Å². The van der Waals surface area contributed by atoms with E-state index in [0.29, 0.717) is 24.5 Å². The average molecular weight is 325 g/mol. The van der Waals surface area contributed by atoms with Crippen LogP contribution in [0.15, 0.2) is 18.2 Å². The number of hydrogen-bond acceptors (Lipinski definition) is 3. The Morgan fingerprint density at radius 1 is 1.00 bits per heavy atom. The molecule has 0 N–H and O–H groups in total. The lowest BCUT2D eigenvalue weighted by Crippen LogP contribution is -2.30. The molecule has 0 saturated carbocycles. The van der Waals surface area contributed by atoms with Crippen molar-refractivity contribution in [1.29, 1.82) is 0 Å². The first kappa shape index (κ1) is 23.6. The third-order valence-electron chi connectivity index (χ3n) is 2.97. The summed E-state index contributed by atoms with van der Waals surface area (Å²) in [5, 5.41) is 0. The van der Waals surface area contributed by atoms with Crippen LogP contribution in [0.4, 0.5) is 0 Å². The second-order valence-electron chi connectivity index (χ2n) is 4.36. The maximum Gasteiger partial charge on any atom is 0.222 e. The van der Waals surface area contributed by atoms with Gasteiger partial charge in [0.25, 0.3) is 0 Å². The number of amides is 1. The van der Waals surface area contributed by atoms with Gasteiger partial charge in [-0.25, -0.2) is 0 Å². The zero-order chi connectivity index (χ0) is 18.3. The molecule has 0 heterocycles. The fourth-order valence-corrected chi connectivity index (χ4v) is 1.98. The minimum absolute atomic E-state index is 0.177. The van der Waals surface area contributed by atoms with E-state index >= 15 is 0 Å². The first-order chi connectivity index (χ1) is 11.2. The summed E-state index contributed by atoms with van der Waals surface area (Å²) in [7, 11) is 3.23. The van der Waals surface area contributed by atoms with E-state index in [1.807, 2.05) is 57.7 Å². The van der Waals surface area contributed by atoms with Gasteiger partial charge < -0.3 is 14.4 Å². The summed E-state index contributed by atoms with van der Waals surface area (Å²) < 4.78 is 10.5.